The molecule has 1 fully saturated rings. The number of hydrogen-bond acceptors (Lipinski definition) is 4. The van der Waals surface area contributed by atoms with Gasteiger partial charge in [-0.25, -0.2) is 0 Å². The third-order valence-corrected chi connectivity index (χ3v) is 5.08. The zero-order chi connectivity index (χ0) is 14.8. The largest absolute Gasteiger partial charge is 0.389 e. The average molecular weight is 304 g/mol. The van der Waals surface area contributed by atoms with Gasteiger partial charge in [0.2, 0.25) is 0 Å². The molecule has 1 rings (SSSR count). The smallest absolute Gasteiger partial charge is 0.0897 e. The number of thioether (sulfide) groups is 1. The monoisotopic (exact) mass is 303 g/mol. The standard InChI is InChI=1S/C16H33NO2S/c1-13(2)6-5-9-19-12-15(18)11-17-14-7-4-8-16(10-14)20-3/h13-18H,4-12H2,1-3H3. The molecule has 3 unspecified atom stereocenters. The van der Waals surface area contributed by atoms with E-state index in [2.05, 4.69) is 25.4 Å². The zero-order valence-electron chi connectivity index (χ0n) is 13.4. The summed E-state index contributed by atoms with van der Waals surface area (Å²) < 4.78 is 5.53. The van der Waals surface area contributed by atoms with Crippen molar-refractivity contribution in [1.82, 2.24) is 5.32 Å². The lowest BCUT2D eigenvalue weighted by Gasteiger charge is -2.29. The van der Waals surface area contributed by atoms with Gasteiger partial charge in [-0.3, -0.25) is 0 Å². The summed E-state index contributed by atoms with van der Waals surface area (Å²) in [6.07, 6.45) is 9.27. The molecule has 0 amide bonds. The Kier molecular flexibility index (Phi) is 9.95. The molecule has 0 spiro atoms. The number of ether oxygens (including phenoxy) is 1. The van der Waals surface area contributed by atoms with Crippen molar-refractivity contribution in [1.29, 1.82) is 0 Å². The molecule has 0 radical (unpaired) electrons. The van der Waals surface area contributed by atoms with E-state index in [1.165, 1.54) is 32.1 Å². The van der Waals surface area contributed by atoms with Gasteiger partial charge in [0.1, 0.15) is 0 Å². The molecule has 1 aliphatic carbocycles. The van der Waals surface area contributed by atoms with E-state index in [1.54, 1.807) is 0 Å². The molecule has 4 heteroatoms. The van der Waals surface area contributed by atoms with Crippen LogP contribution in [0.4, 0.5) is 0 Å². The second-order valence-electron chi connectivity index (χ2n) is 6.39. The number of hydrogen-bond donors (Lipinski definition) is 2. The van der Waals surface area contributed by atoms with Gasteiger partial charge < -0.3 is 15.2 Å². The molecule has 2 N–H and O–H groups in total. The van der Waals surface area contributed by atoms with E-state index in [4.69, 9.17) is 4.74 Å². The fourth-order valence-corrected chi connectivity index (χ4v) is 3.55. The Labute approximate surface area is 129 Å². The van der Waals surface area contributed by atoms with Crippen molar-refractivity contribution in [2.24, 2.45) is 5.92 Å². The normalized spacial score (nSPS) is 25.1. The first kappa shape index (κ1) is 18.3. The zero-order valence-corrected chi connectivity index (χ0v) is 14.3. The fourth-order valence-electron chi connectivity index (χ4n) is 2.72. The van der Waals surface area contributed by atoms with Gasteiger partial charge in [0.05, 0.1) is 12.7 Å². The molecule has 120 valence electrons. The van der Waals surface area contributed by atoms with Gasteiger partial charge in [0, 0.05) is 24.4 Å². The highest BCUT2D eigenvalue weighted by molar-refractivity contribution is 7.99. The first-order valence-corrected chi connectivity index (χ1v) is 9.42. The van der Waals surface area contributed by atoms with Gasteiger partial charge in [-0.1, -0.05) is 20.3 Å². The van der Waals surface area contributed by atoms with E-state index in [-0.39, 0.29) is 6.10 Å². The van der Waals surface area contributed by atoms with Crippen LogP contribution in [0.15, 0.2) is 0 Å². The predicted octanol–water partition coefficient (Wildman–Crippen LogP) is 3.06. The van der Waals surface area contributed by atoms with E-state index in [1.807, 2.05) is 11.8 Å². The Hall–Kier alpha value is 0.230. The summed E-state index contributed by atoms with van der Waals surface area (Å²) in [7, 11) is 0. The van der Waals surface area contributed by atoms with Gasteiger partial charge in [-0.2, -0.15) is 11.8 Å². The topological polar surface area (TPSA) is 41.5 Å². The second-order valence-corrected chi connectivity index (χ2v) is 7.53. The molecular formula is C16H33NO2S. The molecular weight excluding hydrogens is 270 g/mol. The molecule has 0 heterocycles. The van der Waals surface area contributed by atoms with Gasteiger partial charge in [-0.05, 0) is 44.3 Å². The van der Waals surface area contributed by atoms with Crippen LogP contribution in [0.1, 0.15) is 52.4 Å². The third kappa shape index (κ3) is 8.50. The van der Waals surface area contributed by atoms with Crippen LogP contribution in [0.5, 0.6) is 0 Å². The molecule has 0 bridgehead atoms. The van der Waals surface area contributed by atoms with Crippen LogP contribution in [0, 0.1) is 5.92 Å². The molecule has 0 aliphatic heterocycles. The van der Waals surface area contributed by atoms with Crippen molar-refractivity contribution in [2.45, 2.75) is 69.8 Å². The first-order valence-electron chi connectivity index (χ1n) is 8.13. The van der Waals surface area contributed by atoms with Crippen molar-refractivity contribution in [2.75, 3.05) is 26.0 Å². The molecule has 0 aromatic carbocycles. The van der Waals surface area contributed by atoms with Crippen LogP contribution >= 0.6 is 11.8 Å². The average Bonchev–Trinajstić information content (AvgIpc) is 2.44. The number of rotatable bonds is 10. The minimum Gasteiger partial charge on any atom is -0.389 e. The molecule has 1 aliphatic rings. The molecule has 20 heavy (non-hydrogen) atoms. The summed E-state index contributed by atoms with van der Waals surface area (Å²) in [5.41, 5.74) is 0. The fraction of sp³-hybridized carbons (Fsp3) is 1.00. The Morgan fingerprint density at radius 1 is 1.35 bits per heavy atom. The lowest BCUT2D eigenvalue weighted by atomic mass is 9.95. The summed E-state index contributed by atoms with van der Waals surface area (Å²) in [6.45, 7) is 6.35. The predicted molar refractivity (Wildman–Crippen MR) is 88.5 cm³/mol. The lowest BCUT2D eigenvalue weighted by molar-refractivity contribution is 0.0329. The highest BCUT2D eigenvalue weighted by Gasteiger charge is 2.21. The number of nitrogens with one attached hydrogen (secondary N) is 1. The van der Waals surface area contributed by atoms with E-state index in [9.17, 15) is 5.11 Å². The molecule has 1 saturated carbocycles. The molecule has 0 aromatic heterocycles. The Balaban J connectivity index is 2.00. The summed E-state index contributed by atoms with van der Waals surface area (Å²) in [5.74, 6) is 0.737. The summed E-state index contributed by atoms with van der Waals surface area (Å²) >= 11 is 1.98. The van der Waals surface area contributed by atoms with E-state index in [0.29, 0.717) is 19.2 Å². The van der Waals surface area contributed by atoms with Gasteiger partial charge in [0.25, 0.3) is 0 Å². The van der Waals surface area contributed by atoms with E-state index in [0.717, 1.165) is 24.2 Å². The quantitative estimate of drug-likeness (QED) is 0.609. The Morgan fingerprint density at radius 3 is 2.85 bits per heavy atom. The lowest BCUT2D eigenvalue weighted by Crippen LogP contribution is -2.40. The van der Waals surface area contributed by atoms with Crippen LogP contribution < -0.4 is 5.32 Å². The summed E-state index contributed by atoms with van der Waals surface area (Å²) in [4.78, 5) is 0. The summed E-state index contributed by atoms with van der Waals surface area (Å²) in [6, 6.07) is 0.580. The SMILES string of the molecule is CSC1CCCC(NCC(O)COCCCC(C)C)C1. The maximum absolute atomic E-state index is 9.92. The number of aliphatic hydroxyl groups excluding tert-OH is 1. The van der Waals surface area contributed by atoms with Crippen LogP contribution in [-0.4, -0.2) is 48.5 Å². The highest BCUT2D eigenvalue weighted by Crippen LogP contribution is 2.26. The molecule has 3 nitrogen and oxygen atoms in total. The van der Waals surface area contributed by atoms with Crippen molar-refractivity contribution in [3.63, 3.8) is 0 Å². The molecule has 3 atom stereocenters. The molecule has 0 aromatic rings. The maximum Gasteiger partial charge on any atom is 0.0897 e. The van der Waals surface area contributed by atoms with E-state index < -0.39 is 0 Å². The van der Waals surface area contributed by atoms with Crippen molar-refractivity contribution in [3.8, 4) is 0 Å². The molecule has 0 saturated heterocycles. The minimum atomic E-state index is -0.372. The Morgan fingerprint density at radius 2 is 2.15 bits per heavy atom. The van der Waals surface area contributed by atoms with Gasteiger partial charge in [0.15, 0.2) is 0 Å². The van der Waals surface area contributed by atoms with Crippen LogP contribution in [0.3, 0.4) is 0 Å². The maximum atomic E-state index is 9.92. The van der Waals surface area contributed by atoms with Crippen molar-refractivity contribution in [3.05, 3.63) is 0 Å². The first-order chi connectivity index (χ1) is 9.61. The van der Waals surface area contributed by atoms with Crippen LogP contribution in [0.25, 0.3) is 0 Å². The van der Waals surface area contributed by atoms with Crippen molar-refractivity contribution >= 4 is 11.8 Å². The van der Waals surface area contributed by atoms with Crippen molar-refractivity contribution < 1.29 is 9.84 Å². The van der Waals surface area contributed by atoms with Gasteiger partial charge in [-0.15, -0.1) is 0 Å². The minimum absolute atomic E-state index is 0.372. The van der Waals surface area contributed by atoms with Crippen LogP contribution in [0.2, 0.25) is 0 Å². The summed E-state index contributed by atoms with van der Waals surface area (Å²) in [5, 5.41) is 14.2. The van der Waals surface area contributed by atoms with Crippen LogP contribution in [-0.2, 0) is 4.74 Å². The third-order valence-electron chi connectivity index (χ3n) is 3.98. The number of aliphatic hydroxyl groups is 1. The second kappa shape index (κ2) is 10.9. The van der Waals surface area contributed by atoms with Gasteiger partial charge >= 0.3 is 0 Å². The highest BCUT2D eigenvalue weighted by atomic mass is 32.2. The Bertz CT molecular complexity index is 239. The van der Waals surface area contributed by atoms with E-state index >= 15 is 0 Å².